The normalized spacial score (nSPS) is 14.7. The van der Waals surface area contributed by atoms with Gasteiger partial charge in [-0.2, -0.15) is 0 Å². The van der Waals surface area contributed by atoms with Crippen LogP contribution < -0.4 is 5.32 Å². The molecule has 1 aliphatic rings. The van der Waals surface area contributed by atoms with Gasteiger partial charge in [0.2, 0.25) is 0 Å². The van der Waals surface area contributed by atoms with Crippen LogP contribution in [0.1, 0.15) is 44.7 Å². The minimum atomic E-state index is -0.0529. The molecule has 1 fully saturated rings. The number of urea groups is 1. The summed E-state index contributed by atoms with van der Waals surface area (Å²) in [5.41, 5.74) is 2.72. The van der Waals surface area contributed by atoms with Gasteiger partial charge in [0.1, 0.15) is 0 Å². The fraction of sp³-hybridized carbons (Fsp3) is 0.611. The van der Waals surface area contributed by atoms with Crippen molar-refractivity contribution in [3.05, 3.63) is 35.4 Å². The average molecular weight is 304 g/mol. The molecule has 1 aliphatic carbocycles. The Morgan fingerprint density at radius 2 is 1.91 bits per heavy atom. The second-order valence-electron chi connectivity index (χ2n) is 7.08. The predicted octanol–water partition coefficient (Wildman–Crippen LogP) is 2.69. The van der Waals surface area contributed by atoms with E-state index in [0.29, 0.717) is 19.1 Å². The minimum Gasteiger partial charge on any atom is -0.395 e. The summed E-state index contributed by atoms with van der Waals surface area (Å²) in [6.07, 6.45) is 2.94. The number of carbonyl (C=O) groups is 1. The van der Waals surface area contributed by atoms with Gasteiger partial charge >= 0.3 is 6.03 Å². The lowest BCUT2D eigenvalue weighted by atomic mass is 9.86. The average Bonchev–Trinajstić information content (AvgIpc) is 3.28. The molecule has 0 bridgehead atoms. The van der Waals surface area contributed by atoms with Crippen LogP contribution in [0.5, 0.6) is 0 Å². The molecule has 4 nitrogen and oxygen atoms in total. The van der Waals surface area contributed by atoms with Crippen molar-refractivity contribution < 1.29 is 9.90 Å². The third-order valence-electron chi connectivity index (χ3n) is 4.10. The van der Waals surface area contributed by atoms with Gasteiger partial charge in [-0.05, 0) is 35.8 Å². The first-order chi connectivity index (χ1) is 10.4. The Kier molecular flexibility index (Phi) is 5.46. The van der Waals surface area contributed by atoms with E-state index in [9.17, 15) is 4.79 Å². The Morgan fingerprint density at radius 1 is 1.27 bits per heavy atom. The van der Waals surface area contributed by atoms with Gasteiger partial charge in [-0.1, -0.05) is 45.0 Å². The quantitative estimate of drug-likeness (QED) is 0.849. The van der Waals surface area contributed by atoms with Gasteiger partial charge in [0.15, 0.2) is 0 Å². The standard InChI is InChI=1S/C18H28N2O2/c1-18(2,3)15-6-4-14(5-7-15)10-11-19-17(22)20(12-13-21)16-8-9-16/h4-7,16,21H,8-13H2,1-3H3,(H,19,22). The number of carbonyl (C=O) groups excluding carboxylic acids is 1. The zero-order valence-corrected chi connectivity index (χ0v) is 13.9. The highest BCUT2D eigenvalue weighted by atomic mass is 16.3. The van der Waals surface area contributed by atoms with Crippen molar-refractivity contribution in [1.29, 1.82) is 0 Å². The largest absolute Gasteiger partial charge is 0.395 e. The van der Waals surface area contributed by atoms with E-state index in [2.05, 4.69) is 50.4 Å². The lowest BCUT2D eigenvalue weighted by Crippen LogP contribution is -2.43. The second-order valence-corrected chi connectivity index (χ2v) is 7.08. The Bertz CT molecular complexity index is 487. The summed E-state index contributed by atoms with van der Waals surface area (Å²) in [6, 6.07) is 8.89. The summed E-state index contributed by atoms with van der Waals surface area (Å²) in [5, 5.41) is 12.0. The molecule has 22 heavy (non-hydrogen) atoms. The van der Waals surface area contributed by atoms with Gasteiger partial charge in [0.25, 0.3) is 0 Å². The summed E-state index contributed by atoms with van der Waals surface area (Å²) in [6.45, 7) is 7.69. The zero-order valence-electron chi connectivity index (χ0n) is 13.9. The molecule has 0 heterocycles. The smallest absolute Gasteiger partial charge is 0.317 e. The third kappa shape index (κ3) is 4.73. The van der Waals surface area contributed by atoms with Gasteiger partial charge in [-0.25, -0.2) is 4.79 Å². The summed E-state index contributed by atoms with van der Waals surface area (Å²) >= 11 is 0. The van der Waals surface area contributed by atoms with Crippen LogP contribution in [-0.2, 0) is 11.8 Å². The molecule has 0 atom stereocenters. The van der Waals surface area contributed by atoms with E-state index in [1.54, 1.807) is 4.90 Å². The summed E-state index contributed by atoms with van der Waals surface area (Å²) in [5.74, 6) is 0. The van der Waals surface area contributed by atoms with Crippen LogP contribution in [0.4, 0.5) is 4.79 Å². The molecule has 0 unspecified atom stereocenters. The first kappa shape index (κ1) is 16.8. The number of rotatable bonds is 6. The number of nitrogens with zero attached hydrogens (tertiary/aromatic N) is 1. The zero-order chi connectivity index (χ0) is 16.2. The first-order valence-electron chi connectivity index (χ1n) is 8.16. The topological polar surface area (TPSA) is 52.6 Å². The van der Waals surface area contributed by atoms with Gasteiger partial charge in [-0.15, -0.1) is 0 Å². The highest BCUT2D eigenvalue weighted by Crippen LogP contribution is 2.26. The van der Waals surface area contributed by atoms with E-state index in [0.717, 1.165) is 19.3 Å². The van der Waals surface area contributed by atoms with Crippen molar-refractivity contribution in [2.45, 2.75) is 51.5 Å². The molecule has 0 spiro atoms. The van der Waals surface area contributed by atoms with Crippen LogP contribution in [0.3, 0.4) is 0 Å². The van der Waals surface area contributed by atoms with Crippen LogP contribution in [0.25, 0.3) is 0 Å². The molecule has 2 N–H and O–H groups in total. The van der Waals surface area contributed by atoms with Crippen LogP contribution in [0.2, 0.25) is 0 Å². The molecule has 122 valence electrons. The Balaban J connectivity index is 1.79. The lowest BCUT2D eigenvalue weighted by Gasteiger charge is -2.22. The third-order valence-corrected chi connectivity index (χ3v) is 4.10. The maximum Gasteiger partial charge on any atom is 0.317 e. The fourth-order valence-corrected chi connectivity index (χ4v) is 2.53. The molecule has 4 heteroatoms. The molecule has 2 amide bonds. The van der Waals surface area contributed by atoms with Gasteiger partial charge in [0.05, 0.1) is 6.61 Å². The first-order valence-corrected chi connectivity index (χ1v) is 8.16. The summed E-state index contributed by atoms with van der Waals surface area (Å²) in [7, 11) is 0. The number of aliphatic hydroxyl groups excluding tert-OH is 1. The van der Waals surface area contributed by atoms with E-state index in [1.807, 2.05) is 0 Å². The van der Waals surface area contributed by atoms with Crippen molar-refractivity contribution in [2.24, 2.45) is 0 Å². The maximum absolute atomic E-state index is 12.1. The molecule has 1 saturated carbocycles. The fourth-order valence-electron chi connectivity index (χ4n) is 2.53. The van der Waals surface area contributed by atoms with Crippen molar-refractivity contribution in [2.75, 3.05) is 19.7 Å². The highest BCUT2D eigenvalue weighted by Gasteiger charge is 2.31. The van der Waals surface area contributed by atoms with Crippen molar-refractivity contribution in [3.63, 3.8) is 0 Å². The van der Waals surface area contributed by atoms with Crippen molar-refractivity contribution in [1.82, 2.24) is 10.2 Å². The predicted molar refractivity (Wildman–Crippen MR) is 89.1 cm³/mol. The van der Waals surface area contributed by atoms with E-state index in [1.165, 1.54) is 11.1 Å². The van der Waals surface area contributed by atoms with Gasteiger partial charge in [-0.3, -0.25) is 0 Å². The Labute approximate surface area is 133 Å². The van der Waals surface area contributed by atoms with E-state index >= 15 is 0 Å². The van der Waals surface area contributed by atoms with Crippen LogP contribution in [0, 0.1) is 0 Å². The lowest BCUT2D eigenvalue weighted by molar-refractivity contribution is 0.174. The minimum absolute atomic E-state index is 0.0260. The van der Waals surface area contributed by atoms with Crippen LogP contribution in [-0.4, -0.2) is 41.8 Å². The molecule has 2 rings (SSSR count). The number of hydrogen-bond donors (Lipinski definition) is 2. The molecule has 0 aliphatic heterocycles. The van der Waals surface area contributed by atoms with E-state index in [4.69, 9.17) is 5.11 Å². The molecule has 0 saturated heterocycles. The monoisotopic (exact) mass is 304 g/mol. The second kappa shape index (κ2) is 7.14. The Morgan fingerprint density at radius 3 is 2.41 bits per heavy atom. The molecule has 0 radical (unpaired) electrons. The summed E-state index contributed by atoms with van der Waals surface area (Å²) in [4.78, 5) is 13.8. The van der Waals surface area contributed by atoms with Crippen molar-refractivity contribution >= 4 is 6.03 Å². The molecule has 1 aromatic carbocycles. The molecular weight excluding hydrogens is 276 g/mol. The number of benzene rings is 1. The maximum atomic E-state index is 12.1. The number of amides is 2. The van der Waals surface area contributed by atoms with Gasteiger partial charge < -0.3 is 15.3 Å². The molecule has 0 aromatic heterocycles. The van der Waals surface area contributed by atoms with Crippen LogP contribution >= 0.6 is 0 Å². The summed E-state index contributed by atoms with van der Waals surface area (Å²) < 4.78 is 0. The molecule has 1 aromatic rings. The van der Waals surface area contributed by atoms with Crippen LogP contribution in [0.15, 0.2) is 24.3 Å². The highest BCUT2D eigenvalue weighted by molar-refractivity contribution is 5.74. The Hall–Kier alpha value is -1.55. The van der Waals surface area contributed by atoms with Crippen molar-refractivity contribution in [3.8, 4) is 0 Å². The SMILES string of the molecule is CC(C)(C)c1ccc(CCNC(=O)N(CCO)C2CC2)cc1. The van der Waals surface area contributed by atoms with Gasteiger partial charge in [0, 0.05) is 19.1 Å². The number of nitrogens with one attached hydrogen (secondary N) is 1. The number of aliphatic hydroxyl groups is 1. The van der Waals surface area contributed by atoms with E-state index in [-0.39, 0.29) is 18.1 Å². The molecular formula is C18H28N2O2. The van der Waals surface area contributed by atoms with E-state index < -0.39 is 0 Å². The number of hydrogen-bond acceptors (Lipinski definition) is 2.